The molecular formula is C24H19Cl3N2O4. The van der Waals surface area contributed by atoms with Gasteiger partial charge in [0.2, 0.25) is 0 Å². The average Bonchev–Trinajstić information content (AvgIpc) is 3.01. The zero-order valence-corrected chi connectivity index (χ0v) is 19.8. The maximum Gasteiger partial charge on any atom is 0.273 e. The number of imide groups is 1. The van der Waals surface area contributed by atoms with Crippen LogP contribution in [0.25, 0.3) is 0 Å². The van der Waals surface area contributed by atoms with Crippen molar-refractivity contribution < 1.29 is 19.2 Å². The van der Waals surface area contributed by atoms with Gasteiger partial charge in [0.15, 0.2) is 5.78 Å². The van der Waals surface area contributed by atoms with Gasteiger partial charge >= 0.3 is 0 Å². The van der Waals surface area contributed by atoms with Crippen LogP contribution in [0, 0.1) is 11.8 Å². The van der Waals surface area contributed by atoms with Crippen molar-refractivity contribution in [2.75, 3.05) is 6.54 Å². The number of ketones is 1. The molecular weight excluding hydrogens is 487 g/mol. The Morgan fingerprint density at radius 2 is 1.61 bits per heavy atom. The van der Waals surface area contributed by atoms with Crippen LogP contribution in [0.2, 0.25) is 15.1 Å². The maximum absolute atomic E-state index is 13.4. The first-order valence-corrected chi connectivity index (χ1v) is 11.4. The van der Waals surface area contributed by atoms with Crippen LogP contribution in [-0.4, -0.2) is 40.1 Å². The number of allylic oxidation sites excluding steroid dienone is 2. The Hall–Kier alpha value is -2.67. The maximum atomic E-state index is 13.4. The number of rotatable bonds is 5. The van der Waals surface area contributed by atoms with Gasteiger partial charge in [-0.2, -0.15) is 5.01 Å². The van der Waals surface area contributed by atoms with E-state index in [0.29, 0.717) is 22.9 Å². The highest BCUT2D eigenvalue weighted by atomic mass is 35.5. The summed E-state index contributed by atoms with van der Waals surface area (Å²) in [5.41, 5.74) is 1.32. The summed E-state index contributed by atoms with van der Waals surface area (Å²) in [6, 6.07) is 10.3. The quantitative estimate of drug-likeness (QED) is 0.317. The van der Waals surface area contributed by atoms with Crippen LogP contribution < -0.4 is 0 Å². The van der Waals surface area contributed by atoms with E-state index < -0.39 is 41.9 Å². The molecule has 0 saturated carbocycles. The van der Waals surface area contributed by atoms with E-state index in [1.807, 2.05) is 13.0 Å². The molecule has 2 aliphatic rings. The van der Waals surface area contributed by atoms with Gasteiger partial charge in [-0.05, 0) is 62.2 Å². The molecule has 4 rings (SSSR count). The fourth-order valence-electron chi connectivity index (χ4n) is 4.17. The fraction of sp³-hybridized carbons (Fsp3) is 0.250. The summed E-state index contributed by atoms with van der Waals surface area (Å²) in [4.78, 5) is 53.0. The van der Waals surface area contributed by atoms with E-state index in [1.165, 1.54) is 42.5 Å². The predicted molar refractivity (Wildman–Crippen MR) is 125 cm³/mol. The summed E-state index contributed by atoms with van der Waals surface area (Å²) in [6.07, 6.45) is 2.78. The lowest BCUT2D eigenvalue weighted by Gasteiger charge is -2.30. The van der Waals surface area contributed by atoms with E-state index in [1.54, 1.807) is 0 Å². The van der Waals surface area contributed by atoms with Crippen LogP contribution in [0.3, 0.4) is 0 Å². The van der Waals surface area contributed by atoms with Crippen LogP contribution in [0.4, 0.5) is 0 Å². The molecule has 0 N–H and O–H groups in total. The molecule has 0 unspecified atom stereocenters. The van der Waals surface area contributed by atoms with Crippen molar-refractivity contribution in [2.24, 2.45) is 11.8 Å². The number of hydrogen-bond acceptors (Lipinski definition) is 4. The van der Waals surface area contributed by atoms with Gasteiger partial charge in [-0.1, -0.05) is 46.5 Å². The first kappa shape index (κ1) is 23.5. The highest BCUT2D eigenvalue weighted by Crippen LogP contribution is 2.38. The average molecular weight is 506 g/mol. The van der Waals surface area contributed by atoms with Crippen molar-refractivity contribution >= 4 is 58.3 Å². The second kappa shape index (κ2) is 9.29. The van der Waals surface area contributed by atoms with Gasteiger partial charge in [-0.3, -0.25) is 19.2 Å². The normalized spacial score (nSPS) is 19.9. The molecule has 170 valence electrons. The highest BCUT2D eigenvalue weighted by molar-refractivity contribution is 6.37. The number of carbonyl (C=O) groups excluding carboxylic acids is 4. The third-order valence-corrected chi connectivity index (χ3v) is 6.69. The van der Waals surface area contributed by atoms with Crippen LogP contribution in [0.1, 0.15) is 40.5 Å². The number of benzene rings is 2. The summed E-state index contributed by atoms with van der Waals surface area (Å²) in [7, 11) is 0. The summed E-state index contributed by atoms with van der Waals surface area (Å²) in [6.45, 7) is 1.35. The van der Waals surface area contributed by atoms with E-state index in [4.69, 9.17) is 34.8 Å². The molecule has 0 spiro atoms. The molecule has 1 aliphatic heterocycles. The Morgan fingerprint density at radius 1 is 0.970 bits per heavy atom. The molecule has 1 aliphatic carbocycles. The topological polar surface area (TPSA) is 74.8 Å². The minimum Gasteiger partial charge on any atom is -0.292 e. The zero-order chi connectivity index (χ0) is 23.9. The Bertz CT molecular complexity index is 1190. The molecule has 6 nitrogen and oxygen atoms in total. The second-order valence-electron chi connectivity index (χ2n) is 8.11. The predicted octanol–water partition coefficient (Wildman–Crippen LogP) is 5.23. The fourth-order valence-corrected chi connectivity index (χ4v) is 4.81. The van der Waals surface area contributed by atoms with E-state index in [-0.39, 0.29) is 16.1 Å². The number of amides is 3. The number of nitrogens with zero attached hydrogens (tertiary/aromatic N) is 2. The molecule has 2 aromatic carbocycles. The Balaban J connectivity index is 1.71. The summed E-state index contributed by atoms with van der Waals surface area (Å²) >= 11 is 18.0. The molecule has 9 heteroatoms. The van der Waals surface area contributed by atoms with Crippen molar-refractivity contribution in [3.05, 3.63) is 80.3 Å². The summed E-state index contributed by atoms with van der Waals surface area (Å²) < 4.78 is 0. The number of carbonyl (C=O) groups is 4. The number of hydrogen-bond donors (Lipinski definition) is 0. The SMILES string of the molecule is CC1=CC[C@H]2C(=O)N(N(CC(=O)c3ccc(Cl)cc3Cl)C(=O)c3ccc(Cl)cc3)C(=O)[C@@H]2C1. The lowest BCUT2D eigenvalue weighted by Crippen LogP contribution is -2.52. The lowest BCUT2D eigenvalue weighted by molar-refractivity contribution is -0.154. The minimum absolute atomic E-state index is 0.110. The van der Waals surface area contributed by atoms with Crippen molar-refractivity contribution in [3.63, 3.8) is 0 Å². The molecule has 2 atom stereocenters. The molecule has 1 heterocycles. The van der Waals surface area contributed by atoms with Gasteiger partial charge in [0.05, 0.1) is 16.9 Å². The molecule has 3 amide bonds. The van der Waals surface area contributed by atoms with E-state index in [9.17, 15) is 19.2 Å². The largest absolute Gasteiger partial charge is 0.292 e. The van der Waals surface area contributed by atoms with Gasteiger partial charge in [-0.25, -0.2) is 5.01 Å². The summed E-state index contributed by atoms with van der Waals surface area (Å²) in [5, 5.41) is 2.62. The zero-order valence-electron chi connectivity index (χ0n) is 17.6. The van der Waals surface area contributed by atoms with Gasteiger partial charge in [0.1, 0.15) is 6.54 Å². The van der Waals surface area contributed by atoms with Crippen LogP contribution in [0.5, 0.6) is 0 Å². The third kappa shape index (κ3) is 4.56. The second-order valence-corrected chi connectivity index (χ2v) is 9.39. The van der Waals surface area contributed by atoms with Gasteiger partial charge in [0.25, 0.3) is 17.7 Å². The first-order valence-electron chi connectivity index (χ1n) is 10.3. The molecule has 1 saturated heterocycles. The number of halogens is 3. The number of hydrazine groups is 1. The molecule has 33 heavy (non-hydrogen) atoms. The third-order valence-electron chi connectivity index (χ3n) is 5.89. The first-order chi connectivity index (χ1) is 15.7. The smallest absolute Gasteiger partial charge is 0.273 e. The van der Waals surface area contributed by atoms with Crippen molar-refractivity contribution in [2.45, 2.75) is 19.8 Å². The van der Waals surface area contributed by atoms with Gasteiger partial charge in [0, 0.05) is 21.2 Å². The van der Waals surface area contributed by atoms with Gasteiger partial charge in [-0.15, -0.1) is 0 Å². The molecule has 0 bridgehead atoms. The molecule has 2 aromatic rings. The number of fused-ring (bicyclic) bond motifs is 1. The number of Topliss-reactive ketones (excluding diaryl/α,β-unsaturated/α-hetero) is 1. The monoisotopic (exact) mass is 504 g/mol. The standard InChI is InChI=1S/C24H19Cl3N2O4/c1-13-2-8-17-19(10-13)24(33)29(23(17)32)28(22(31)14-3-5-15(25)6-4-14)12-21(30)18-9-7-16(26)11-20(18)27/h2-7,9,11,17,19H,8,10,12H2,1H3/t17-,19-/m1/s1. The van der Waals surface area contributed by atoms with Crippen molar-refractivity contribution in [1.29, 1.82) is 0 Å². The Kier molecular flexibility index (Phi) is 6.61. The summed E-state index contributed by atoms with van der Waals surface area (Å²) in [5.74, 6) is -3.31. The molecule has 0 radical (unpaired) electrons. The van der Waals surface area contributed by atoms with Crippen LogP contribution >= 0.6 is 34.8 Å². The highest BCUT2D eigenvalue weighted by Gasteiger charge is 2.51. The minimum atomic E-state index is -0.671. The Morgan fingerprint density at radius 3 is 2.27 bits per heavy atom. The van der Waals surface area contributed by atoms with Crippen molar-refractivity contribution in [1.82, 2.24) is 10.0 Å². The van der Waals surface area contributed by atoms with Crippen molar-refractivity contribution in [3.8, 4) is 0 Å². The van der Waals surface area contributed by atoms with E-state index in [2.05, 4.69) is 0 Å². The van der Waals surface area contributed by atoms with E-state index in [0.717, 1.165) is 15.6 Å². The Labute approximate surface area is 205 Å². The molecule has 0 aromatic heterocycles. The van der Waals surface area contributed by atoms with E-state index >= 15 is 0 Å². The van der Waals surface area contributed by atoms with Gasteiger partial charge < -0.3 is 0 Å². The van der Waals surface area contributed by atoms with Crippen LogP contribution in [0.15, 0.2) is 54.1 Å². The molecule has 1 fully saturated rings. The lowest BCUT2D eigenvalue weighted by atomic mass is 9.82. The van der Waals surface area contributed by atoms with Crippen LogP contribution in [-0.2, 0) is 9.59 Å².